The maximum Gasteiger partial charge on any atom is 0.338 e. The van der Waals surface area contributed by atoms with Crippen LogP contribution >= 0.6 is 0 Å². The van der Waals surface area contributed by atoms with Gasteiger partial charge in [0.2, 0.25) is 0 Å². The average Bonchev–Trinajstić information content (AvgIpc) is 3.29. The first kappa shape index (κ1) is 24.0. The molecule has 1 aromatic carbocycles. The molecule has 1 spiro atoms. The molecule has 0 saturated heterocycles. The number of hydrogen-bond acceptors (Lipinski definition) is 6. The summed E-state index contributed by atoms with van der Waals surface area (Å²) in [4.78, 5) is 39.9. The second kappa shape index (κ2) is 7.63. The highest BCUT2D eigenvalue weighted by Crippen LogP contribution is 2.71. The predicted molar refractivity (Wildman–Crippen MR) is 129 cm³/mol. The zero-order valence-electron chi connectivity index (χ0n) is 21.2. The van der Waals surface area contributed by atoms with E-state index in [0.717, 1.165) is 6.42 Å². The molecule has 5 rings (SSSR count). The van der Waals surface area contributed by atoms with Crippen molar-refractivity contribution >= 4 is 17.7 Å². The summed E-state index contributed by atoms with van der Waals surface area (Å²) < 4.78 is 11.7. The third kappa shape index (κ3) is 3.08. The number of ketones is 1. The standard InChI is InChI=1S/C29H34O6/c1-15-12-20-22-21(27(22,5)6)13-17(3)28(23(20)31)14-16(2)25(29(28,33)24(15)34-18(4)30)35-26(32)19-10-8-7-9-11-19/h7-12,14,17,20-22,24-25,33H,13H2,1-6H3. The Hall–Kier alpha value is -2.73. The molecular formula is C29H34O6. The van der Waals surface area contributed by atoms with Crippen molar-refractivity contribution in [2.24, 2.45) is 34.5 Å². The maximum absolute atomic E-state index is 14.5. The smallest absolute Gasteiger partial charge is 0.338 e. The highest BCUT2D eigenvalue weighted by atomic mass is 16.6. The van der Waals surface area contributed by atoms with E-state index in [1.165, 1.54) is 6.92 Å². The van der Waals surface area contributed by atoms with Gasteiger partial charge in [-0.1, -0.05) is 51.1 Å². The molecule has 4 aliphatic carbocycles. The normalized spacial score (nSPS) is 40.8. The van der Waals surface area contributed by atoms with Crippen molar-refractivity contribution < 1.29 is 29.0 Å². The largest absolute Gasteiger partial charge is 0.455 e. The molecule has 0 aliphatic heterocycles. The van der Waals surface area contributed by atoms with Gasteiger partial charge in [-0.3, -0.25) is 9.59 Å². The van der Waals surface area contributed by atoms with Crippen LogP contribution in [0.4, 0.5) is 0 Å². The Bertz CT molecular complexity index is 1160. The number of aliphatic hydroxyl groups is 1. The summed E-state index contributed by atoms with van der Waals surface area (Å²) in [6, 6.07) is 8.56. The number of ether oxygens (including phenoxy) is 2. The van der Waals surface area contributed by atoms with E-state index >= 15 is 0 Å². The summed E-state index contributed by atoms with van der Waals surface area (Å²) in [7, 11) is 0. The van der Waals surface area contributed by atoms with Crippen LogP contribution in [0.25, 0.3) is 0 Å². The Balaban J connectivity index is 1.68. The molecule has 4 aliphatic rings. The van der Waals surface area contributed by atoms with E-state index in [1.807, 2.05) is 19.1 Å². The summed E-state index contributed by atoms with van der Waals surface area (Å²) in [6.45, 7) is 11.3. The molecule has 0 amide bonds. The lowest BCUT2D eigenvalue weighted by Gasteiger charge is -2.49. The number of esters is 2. The first-order valence-corrected chi connectivity index (χ1v) is 12.4. The minimum atomic E-state index is -1.96. The van der Waals surface area contributed by atoms with Gasteiger partial charge in [0.1, 0.15) is 0 Å². The minimum Gasteiger partial charge on any atom is -0.455 e. The fourth-order valence-electron chi connectivity index (χ4n) is 7.65. The monoisotopic (exact) mass is 478 g/mol. The average molecular weight is 479 g/mol. The third-order valence-electron chi connectivity index (χ3n) is 9.33. The van der Waals surface area contributed by atoms with Gasteiger partial charge in [-0.25, -0.2) is 4.79 Å². The number of benzene rings is 1. The first-order valence-electron chi connectivity index (χ1n) is 12.4. The van der Waals surface area contributed by atoms with Crippen LogP contribution in [0.3, 0.4) is 0 Å². The van der Waals surface area contributed by atoms with Crippen LogP contribution in [0.2, 0.25) is 0 Å². The molecule has 2 saturated carbocycles. The molecule has 6 heteroatoms. The van der Waals surface area contributed by atoms with Gasteiger partial charge in [-0.2, -0.15) is 0 Å². The van der Waals surface area contributed by atoms with Crippen LogP contribution in [0.5, 0.6) is 0 Å². The molecule has 0 radical (unpaired) electrons. The van der Waals surface area contributed by atoms with E-state index in [4.69, 9.17) is 9.47 Å². The predicted octanol–water partition coefficient (Wildman–Crippen LogP) is 4.28. The molecule has 8 unspecified atom stereocenters. The number of carbonyl (C=O) groups is 3. The van der Waals surface area contributed by atoms with E-state index in [0.29, 0.717) is 22.6 Å². The van der Waals surface area contributed by atoms with E-state index in [1.54, 1.807) is 44.2 Å². The molecule has 186 valence electrons. The molecule has 1 aromatic rings. The highest BCUT2D eigenvalue weighted by molar-refractivity contribution is 5.96. The number of carbonyl (C=O) groups excluding carboxylic acids is 3. The van der Waals surface area contributed by atoms with Gasteiger partial charge in [0.25, 0.3) is 0 Å². The lowest BCUT2D eigenvalue weighted by Crippen LogP contribution is -2.66. The van der Waals surface area contributed by atoms with Gasteiger partial charge >= 0.3 is 11.9 Å². The Morgan fingerprint density at radius 2 is 1.66 bits per heavy atom. The van der Waals surface area contributed by atoms with Crippen molar-refractivity contribution in [3.8, 4) is 0 Å². The summed E-state index contributed by atoms with van der Waals surface area (Å²) in [6.07, 6.45) is 2.20. The van der Waals surface area contributed by atoms with Crippen molar-refractivity contribution in [1.29, 1.82) is 0 Å². The van der Waals surface area contributed by atoms with Crippen LogP contribution in [0, 0.1) is 34.5 Å². The summed E-state index contributed by atoms with van der Waals surface area (Å²) in [5.74, 6) is -1.38. The first-order chi connectivity index (χ1) is 16.4. The van der Waals surface area contributed by atoms with Crippen LogP contribution in [-0.4, -0.2) is 40.6 Å². The molecule has 2 bridgehead atoms. The Kier molecular flexibility index (Phi) is 5.23. The second-order valence-corrected chi connectivity index (χ2v) is 11.6. The van der Waals surface area contributed by atoms with Crippen LogP contribution in [0.1, 0.15) is 58.3 Å². The van der Waals surface area contributed by atoms with E-state index in [9.17, 15) is 19.5 Å². The summed E-state index contributed by atoms with van der Waals surface area (Å²) >= 11 is 0. The Morgan fingerprint density at radius 3 is 2.29 bits per heavy atom. The van der Waals surface area contributed by atoms with Gasteiger partial charge in [0, 0.05) is 12.8 Å². The summed E-state index contributed by atoms with van der Waals surface area (Å²) in [5.41, 5.74) is -1.74. The number of rotatable bonds is 3. The van der Waals surface area contributed by atoms with Crippen LogP contribution in [-0.2, 0) is 19.1 Å². The van der Waals surface area contributed by atoms with E-state index < -0.39 is 41.1 Å². The van der Waals surface area contributed by atoms with Crippen molar-refractivity contribution in [2.75, 3.05) is 0 Å². The van der Waals surface area contributed by atoms with Gasteiger partial charge in [-0.05, 0) is 66.7 Å². The summed E-state index contributed by atoms with van der Waals surface area (Å²) in [5, 5.41) is 12.7. The lowest BCUT2D eigenvalue weighted by atomic mass is 9.59. The molecular weight excluding hydrogens is 444 g/mol. The molecule has 35 heavy (non-hydrogen) atoms. The minimum absolute atomic E-state index is 0.0168. The second-order valence-electron chi connectivity index (χ2n) is 11.6. The lowest BCUT2D eigenvalue weighted by molar-refractivity contribution is -0.202. The third-order valence-corrected chi connectivity index (χ3v) is 9.33. The molecule has 1 N–H and O–H groups in total. The van der Waals surface area contributed by atoms with Crippen LogP contribution < -0.4 is 0 Å². The van der Waals surface area contributed by atoms with Gasteiger partial charge in [0.15, 0.2) is 23.6 Å². The van der Waals surface area contributed by atoms with Crippen molar-refractivity contribution in [2.45, 2.75) is 65.8 Å². The van der Waals surface area contributed by atoms with Crippen LogP contribution in [0.15, 0.2) is 53.6 Å². The van der Waals surface area contributed by atoms with Crippen molar-refractivity contribution in [1.82, 2.24) is 0 Å². The number of hydrogen-bond donors (Lipinski definition) is 1. The van der Waals surface area contributed by atoms with Gasteiger partial charge in [-0.15, -0.1) is 0 Å². The molecule has 6 nitrogen and oxygen atoms in total. The van der Waals surface area contributed by atoms with E-state index in [2.05, 4.69) is 13.8 Å². The zero-order chi connectivity index (χ0) is 25.5. The van der Waals surface area contributed by atoms with E-state index in [-0.39, 0.29) is 23.0 Å². The maximum atomic E-state index is 14.5. The Morgan fingerprint density at radius 1 is 1.03 bits per heavy atom. The van der Waals surface area contributed by atoms with Gasteiger partial charge < -0.3 is 14.6 Å². The quantitative estimate of drug-likeness (QED) is 0.515. The number of Topliss-reactive ketones (excluding diaryl/α,β-unsaturated/α-hetero) is 1. The van der Waals surface area contributed by atoms with Crippen molar-refractivity contribution in [3.05, 3.63) is 59.2 Å². The fraction of sp³-hybridized carbons (Fsp3) is 0.552. The molecule has 0 aromatic heterocycles. The molecule has 0 heterocycles. The fourth-order valence-corrected chi connectivity index (χ4v) is 7.65. The number of fused-ring (bicyclic) bond motifs is 3. The van der Waals surface area contributed by atoms with Crippen molar-refractivity contribution in [3.63, 3.8) is 0 Å². The SMILES string of the molecule is CC(=O)OC1C(C)=CC2C(=O)C3(C=C(C)C(OC(=O)c4ccccc4)C13O)C(C)CC1C2C1(C)C. The Labute approximate surface area is 206 Å². The zero-order valence-corrected chi connectivity index (χ0v) is 21.2. The molecule has 2 fully saturated rings. The van der Waals surface area contributed by atoms with Gasteiger partial charge in [0.05, 0.1) is 11.0 Å². The topological polar surface area (TPSA) is 89.9 Å². The number of allylic oxidation sites excluding steroid dienone is 1. The molecule has 8 atom stereocenters. The highest BCUT2D eigenvalue weighted by Gasteiger charge is 2.77.